The molecule has 1 heterocycles. The Morgan fingerprint density at radius 2 is 2.14 bits per heavy atom. The van der Waals surface area contributed by atoms with E-state index in [-0.39, 0.29) is 11.4 Å². The average Bonchev–Trinajstić information content (AvgIpc) is 2.84. The summed E-state index contributed by atoms with van der Waals surface area (Å²) >= 11 is 0. The van der Waals surface area contributed by atoms with Gasteiger partial charge in [-0.05, 0) is 24.1 Å². The Bertz CT molecular complexity index is 724. The highest BCUT2D eigenvalue weighted by molar-refractivity contribution is 7.89. The van der Waals surface area contributed by atoms with Crippen molar-refractivity contribution in [1.29, 1.82) is 0 Å². The van der Waals surface area contributed by atoms with E-state index in [0.29, 0.717) is 18.5 Å². The van der Waals surface area contributed by atoms with E-state index in [1.54, 1.807) is 30.0 Å². The Morgan fingerprint density at radius 1 is 1.38 bits per heavy atom. The van der Waals surface area contributed by atoms with Crippen LogP contribution >= 0.6 is 0 Å². The van der Waals surface area contributed by atoms with E-state index in [2.05, 4.69) is 14.9 Å². The van der Waals surface area contributed by atoms with Crippen LogP contribution < -0.4 is 10.5 Å². The maximum Gasteiger partial charge on any atom is 0.240 e. The van der Waals surface area contributed by atoms with E-state index in [1.807, 2.05) is 13.1 Å². The monoisotopic (exact) mass is 309 g/mol. The lowest BCUT2D eigenvalue weighted by atomic mass is 10.1. The summed E-state index contributed by atoms with van der Waals surface area (Å²) < 4.78 is 29.0. The molecule has 0 atom stereocenters. The second kappa shape index (κ2) is 6.33. The standard InChI is InChI=1S/C13H19N5O2S/c1-10-11(8-14)4-3-5-12(10)21(19,20)16-7-6-13-17-15-9-18(13)2/h3-5,9,16H,6-8,14H2,1-2H3. The molecule has 0 aliphatic heterocycles. The minimum atomic E-state index is -3.55. The Kier molecular flexibility index (Phi) is 4.71. The largest absolute Gasteiger partial charge is 0.326 e. The highest BCUT2D eigenvalue weighted by Gasteiger charge is 2.17. The molecule has 0 aliphatic rings. The van der Waals surface area contributed by atoms with Gasteiger partial charge in [0.2, 0.25) is 10.0 Å². The number of nitrogens with one attached hydrogen (secondary N) is 1. The van der Waals surface area contributed by atoms with Crippen molar-refractivity contribution in [3.8, 4) is 0 Å². The number of rotatable bonds is 6. The minimum Gasteiger partial charge on any atom is -0.326 e. The molecule has 0 unspecified atom stereocenters. The number of nitrogens with zero attached hydrogens (tertiary/aromatic N) is 3. The number of hydrogen-bond donors (Lipinski definition) is 2. The molecule has 0 bridgehead atoms. The Hall–Kier alpha value is -1.77. The molecule has 0 radical (unpaired) electrons. The maximum atomic E-state index is 12.3. The smallest absolute Gasteiger partial charge is 0.240 e. The molecular formula is C13H19N5O2S. The predicted molar refractivity (Wildman–Crippen MR) is 79.0 cm³/mol. The molecular weight excluding hydrogens is 290 g/mol. The first-order chi connectivity index (χ1) is 9.95. The number of hydrogen-bond acceptors (Lipinski definition) is 5. The van der Waals surface area contributed by atoms with Crippen LogP contribution in [0.4, 0.5) is 0 Å². The van der Waals surface area contributed by atoms with Gasteiger partial charge in [0, 0.05) is 26.6 Å². The molecule has 0 amide bonds. The minimum absolute atomic E-state index is 0.265. The topological polar surface area (TPSA) is 103 Å². The van der Waals surface area contributed by atoms with Gasteiger partial charge >= 0.3 is 0 Å². The average molecular weight is 309 g/mol. The number of aryl methyl sites for hydroxylation is 1. The van der Waals surface area contributed by atoms with Gasteiger partial charge in [0.05, 0.1) is 4.90 Å². The zero-order valence-electron chi connectivity index (χ0n) is 12.1. The van der Waals surface area contributed by atoms with E-state index in [4.69, 9.17) is 5.73 Å². The molecule has 0 spiro atoms. The summed E-state index contributed by atoms with van der Waals surface area (Å²) in [5, 5.41) is 7.67. The van der Waals surface area contributed by atoms with E-state index in [1.165, 1.54) is 0 Å². The Balaban J connectivity index is 2.10. The van der Waals surface area contributed by atoms with Gasteiger partial charge in [-0.2, -0.15) is 0 Å². The van der Waals surface area contributed by atoms with Gasteiger partial charge < -0.3 is 10.3 Å². The molecule has 2 aromatic rings. The van der Waals surface area contributed by atoms with Crippen LogP contribution in [-0.2, 0) is 30.0 Å². The highest BCUT2D eigenvalue weighted by atomic mass is 32.2. The third-order valence-electron chi connectivity index (χ3n) is 3.35. The van der Waals surface area contributed by atoms with Crippen LogP contribution in [0.5, 0.6) is 0 Å². The molecule has 7 nitrogen and oxygen atoms in total. The van der Waals surface area contributed by atoms with Crippen LogP contribution in [0.1, 0.15) is 17.0 Å². The summed E-state index contributed by atoms with van der Waals surface area (Å²) in [5.41, 5.74) is 7.12. The van der Waals surface area contributed by atoms with E-state index >= 15 is 0 Å². The molecule has 21 heavy (non-hydrogen) atoms. The molecule has 3 N–H and O–H groups in total. The van der Waals surface area contributed by atoms with E-state index in [9.17, 15) is 8.42 Å². The quantitative estimate of drug-likeness (QED) is 0.788. The van der Waals surface area contributed by atoms with Crippen molar-refractivity contribution >= 4 is 10.0 Å². The van der Waals surface area contributed by atoms with Crippen LogP contribution in [0.2, 0.25) is 0 Å². The first-order valence-corrected chi connectivity index (χ1v) is 8.05. The first kappa shape index (κ1) is 15.6. The third-order valence-corrected chi connectivity index (χ3v) is 4.96. The van der Waals surface area contributed by atoms with Gasteiger partial charge in [-0.3, -0.25) is 0 Å². The summed E-state index contributed by atoms with van der Waals surface area (Å²) in [7, 11) is -1.73. The number of aromatic nitrogens is 3. The molecule has 8 heteroatoms. The molecule has 0 fully saturated rings. The SMILES string of the molecule is Cc1c(CN)cccc1S(=O)(=O)NCCc1nncn1C. The molecule has 114 valence electrons. The zero-order chi connectivity index (χ0) is 15.5. The lowest BCUT2D eigenvalue weighted by Gasteiger charge is -2.11. The number of benzene rings is 1. The number of sulfonamides is 1. The van der Waals surface area contributed by atoms with E-state index < -0.39 is 10.0 Å². The Labute approximate surface area is 124 Å². The van der Waals surface area contributed by atoms with Crippen LogP contribution in [0.15, 0.2) is 29.4 Å². The first-order valence-electron chi connectivity index (χ1n) is 6.57. The normalized spacial score (nSPS) is 11.8. The van der Waals surface area contributed by atoms with Gasteiger partial charge in [0.1, 0.15) is 12.2 Å². The second-order valence-electron chi connectivity index (χ2n) is 4.75. The van der Waals surface area contributed by atoms with Crippen molar-refractivity contribution in [3.63, 3.8) is 0 Å². The number of nitrogens with two attached hydrogens (primary N) is 1. The van der Waals surface area contributed by atoms with Crippen molar-refractivity contribution in [2.24, 2.45) is 12.8 Å². The second-order valence-corrected chi connectivity index (χ2v) is 6.49. The van der Waals surface area contributed by atoms with Crippen molar-refractivity contribution in [2.75, 3.05) is 6.54 Å². The fourth-order valence-corrected chi connectivity index (χ4v) is 3.40. The maximum absolute atomic E-state index is 12.3. The van der Waals surface area contributed by atoms with Gasteiger partial charge in [-0.15, -0.1) is 10.2 Å². The van der Waals surface area contributed by atoms with Crippen LogP contribution in [-0.4, -0.2) is 29.7 Å². The summed E-state index contributed by atoms with van der Waals surface area (Å²) in [6, 6.07) is 5.11. The molecule has 2 rings (SSSR count). The van der Waals surface area contributed by atoms with Gasteiger partial charge in [0.15, 0.2) is 0 Å². The lowest BCUT2D eigenvalue weighted by molar-refractivity contribution is 0.579. The van der Waals surface area contributed by atoms with Crippen molar-refractivity contribution in [2.45, 2.75) is 24.8 Å². The summed E-state index contributed by atoms with van der Waals surface area (Å²) in [4.78, 5) is 0.267. The van der Waals surface area contributed by atoms with Gasteiger partial charge in [0.25, 0.3) is 0 Å². The van der Waals surface area contributed by atoms with Gasteiger partial charge in [-0.1, -0.05) is 12.1 Å². The molecule has 1 aromatic heterocycles. The third kappa shape index (κ3) is 3.46. The summed E-state index contributed by atoms with van der Waals surface area (Å²) in [5.74, 6) is 0.727. The molecule has 0 saturated carbocycles. The van der Waals surface area contributed by atoms with Gasteiger partial charge in [-0.25, -0.2) is 13.1 Å². The van der Waals surface area contributed by atoms with Crippen LogP contribution in [0, 0.1) is 6.92 Å². The summed E-state index contributed by atoms with van der Waals surface area (Å²) in [6.07, 6.45) is 2.06. The summed E-state index contributed by atoms with van der Waals surface area (Å²) in [6.45, 7) is 2.34. The Morgan fingerprint density at radius 3 is 2.76 bits per heavy atom. The van der Waals surface area contributed by atoms with Crippen LogP contribution in [0.3, 0.4) is 0 Å². The highest BCUT2D eigenvalue weighted by Crippen LogP contribution is 2.18. The van der Waals surface area contributed by atoms with Crippen molar-refractivity contribution < 1.29 is 8.42 Å². The molecule has 1 aromatic carbocycles. The molecule has 0 saturated heterocycles. The van der Waals surface area contributed by atoms with Crippen molar-refractivity contribution in [3.05, 3.63) is 41.5 Å². The van der Waals surface area contributed by atoms with E-state index in [0.717, 1.165) is 11.4 Å². The predicted octanol–water partition coefficient (Wildman–Crippen LogP) is 0.103. The fourth-order valence-electron chi connectivity index (χ4n) is 2.08. The van der Waals surface area contributed by atoms with Crippen molar-refractivity contribution in [1.82, 2.24) is 19.5 Å². The fraction of sp³-hybridized carbons (Fsp3) is 0.385. The molecule has 0 aliphatic carbocycles. The lowest BCUT2D eigenvalue weighted by Crippen LogP contribution is -2.27. The zero-order valence-corrected chi connectivity index (χ0v) is 12.9. The van der Waals surface area contributed by atoms with Crippen LogP contribution in [0.25, 0.3) is 0 Å².